The second kappa shape index (κ2) is 7.75. The van der Waals surface area contributed by atoms with E-state index in [0.717, 1.165) is 11.1 Å². The molecule has 2 rings (SSSR count). The summed E-state index contributed by atoms with van der Waals surface area (Å²) >= 11 is 0. The first-order valence-electron chi connectivity index (χ1n) is 8.83. The highest BCUT2D eigenvalue weighted by Crippen LogP contribution is 2.35. The third-order valence-electron chi connectivity index (χ3n) is 4.36. The molecule has 0 unspecified atom stereocenters. The molecular weight excluding hydrogens is 334 g/mol. The number of rotatable bonds is 7. The molecule has 0 aliphatic carbocycles. The topological polar surface area (TPSA) is 59.3 Å². The predicted octanol–water partition coefficient (Wildman–Crippen LogP) is 5.13. The Labute approximate surface area is 151 Å². The van der Waals surface area contributed by atoms with E-state index >= 15 is 0 Å². The minimum atomic E-state index is -3.64. The summed E-state index contributed by atoms with van der Waals surface area (Å²) in [5, 5.41) is 0. The van der Waals surface area contributed by atoms with Crippen molar-refractivity contribution in [1.82, 2.24) is 4.72 Å². The van der Waals surface area contributed by atoms with Crippen LogP contribution in [-0.4, -0.2) is 8.42 Å². The van der Waals surface area contributed by atoms with Crippen molar-refractivity contribution in [3.8, 4) is 0 Å². The van der Waals surface area contributed by atoms with Gasteiger partial charge in [0.2, 0.25) is 10.0 Å². The van der Waals surface area contributed by atoms with Crippen LogP contribution in [0.15, 0.2) is 39.8 Å². The molecule has 0 saturated carbocycles. The molecule has 0 spiro atoms. The van der Waals surface area contributed by atoms with Crippen LogP contribution in [0.2, 0.25) is 0 Å². The number of hydrogen-bond acceptors (Lipinski definition) is 3. The Kier molecular flexibility index (Phi) is 6.12. The monoisotopic (exact) mass is 363 g/mol. The van der Waals surface area contributed by atoms with Crippen molar-refractivity contribution in [1.29, 1.82) is 0 Å². The van der Waals surface area contributed by atoms with Gasteiger partial charge in [0.1, 0.15) is 5.76 Å². The van der Waals surface area contributed by atoms with E-state index in [1.807, 2.05) is 39.8 Å². The van der Waals surface area contributed by atoms with E-state index in [-0.39, 0.29) is 18.4 Å². The second-order valence-electron chi connectivity index (χ2n) is 7.40. The maximum Gasteiger partial charge on any atom is 0.241 e. The highest BCUT2D eigenvalue weighted by molar-refractivity contribution is 7.89. The Morgan fingerprint density at radius 2 is 1.52 bits per heavy atom. The average Bonchev–Trinajstić information content (AvgIpc) is 3.05. The molecular formula is C20H29NO3S. The zero-order chi connectivity index (χ0) is 18.8. The standard InChI is InChI=1S/C20H29NO3S/c1-13(2)16-10-18(14(3)4)20(19(11-16)15(5)6)25(22,23)21-12-17-8-7-9-24-17/h7-11,13-15,21H,12H2,1-6H3. The van der Waals surface area contributed by atoms with Crippen LogP contribution in [0.4, 0.5) is 0 Å². The van der Waals surface area contributed by atoms with Gasteiger partial charge in [0.25, 0.3) is 0 Å². The molecule has 1 aromatic carbocycles. The Balaban J connectivity index is 2.56. The largest absolute Gasteiger partial charge is 0.468 e. The van der Waals surface area contributed by atoms with Gasteiger partial charge < -0.3 is 4.42 Å². The lowest BCUT2D eigenvalue weighted by atomic mass is 9.89. The van der Waals surface area contributed by atoms with Crippen molar-refractivity contribution in [3.63, 3.8) is 0 Å². The zero-order valence-corrected chi connectivity index (χ0v) is 16.8. The SMILES string of the molecule is CC(C)c1cc(C(C)C)c(S(=O)(=O)NCc2ccco2)c(C(C)C)c1. The van der Waals surface area contributed by atoms with Crippen molar-refractivity contribution in [2.24, 2.45) is 0 Å². The van der Waals surface area contributed by atoms with Crippen LogP contribution in [0.3, 0.4) is 0 Å². The van der Waals surface area contributed by atoms with E-state index in [1.54, 1.807) is 18.4 Å². The van der Waals surface area contributed by atoms with Crippen LogP contribution >= 0.6 is 0 Å². The zero-order valence-electron chi connectivity index (χ0n) is 16.0. The van der Waals surface area contributed by atoms with E-state index < -0.39 is 10.0 Å². The molecule has 5 heteroatoms. The summed E-state index contributed by atoms with van der Waals surface area (Å²) in [6.07, 6.45) is 1.54. The molecule has 25 heavy (non-hydrogen) atoms. The Morgan fingerprint density at radius 1 is 0.960 bits per heavy atom. The molecule has 0 aliphatic heterocycles. The van der Waals surface area contributed by atoms with Crippen molar-refractivity contribution in [3.05, 3.63) is 53.0 Å². The first-order chi connectivity index (χ1) is 11.6. The van der Waals surface area contributed by atoms with Gasteiger partial charge in [-0.15, -0.1) is 0 Å². The lowest BCUT2D eigenvalue weighted by Gasteiger charge is -2.22. The fourth-order valence-electron chi connectivity index (χ4n) is 2.85. The van der Waals surface area contributed by atoms with Crippen LogP contribution in [-0.2, 0) is 16.6 Å². The summed E-state index contributed by atoms with van der Waals surface area (Å²) < 4.78 is 34.2. The molecule has 4 nitrogen and oxygen atoms in total. The lowest BCUT2D eigenvalue weighted by molar-refractivity contribution is 0.498. The molecule has 2 aromatic rings. The van der Waals surface area contributed by atoms with Crippen LogP contribution in [0.1, 0.15) is 81.7 Å². The number of sulfonamides is 1. The molecule has 1 aromatic heterocycles. The molecule has 1 heterocycles. The molecule has 0 bridgehead atoms. The Morgan fingerprint density at radius 3 is 1.92 bits per heavy atom. The van der Waals surface area contributed by atoms with Gasteiger partial charge in [-0.2, -0.15) is 0 Å². The maximum absolute atomic E-state index is 13.1. The van der Waals surface area contributed by atoms with Crippen LogP contribution in [0.5, 0.6) is 0 Å². The van der Waals surface area contributed by atoms with Crippen LogP contribution in [0, 0.1) is 0 Å². The van der Waals surface area contributed by atoms with E-state index in [4.69, 9.17) is 4.42 Å². The molecule has 0 atom stereocenters. The molecule has 0 saturated heterocycles. The summed E-state index contributed by atoms with van der Waals surface area (Å²) in [7, 11) is -3.64. The molecule has 0 radical (unpaired) electrons. The second-order valence-corrected chi connectivity index (χ2v) is 9.10. The predicted molar refractivity (Wildman–Crippen MR) is 101 cm³/mol. The molecule has 138 valence electrons. The molecule has 0 aliphatic rings. The molecule has 0 fully saturated rings. The van der Waals surface area contributed by atoms with Gasteiger partial charge in [0.15, 0.2) is 0 Å². The van der Waals surface area contributed by atoms with Crippen LogP contribution < -0.4 is 4.72 Å². The summed E-state index contributed by atoms with van der Waals surface area (Å²) in [5.41, 5.74) is 2.93. The summed E-state index contributed by atoms with van der Waals surface area (Å²) in [4.78, 5) is 0.424. The third-order valence-corrected chi connectivity index (χ3v) is 5.90. The van der Waals surface area contributed by atoms with Gasteiger partial charge in [-0.3, -0.25) is 0 Å². The van der Waals surface area contributed by atoms with Gasteiger partial charge in [-0.1, -0.05) is 53.7 Å². The third kappa shape index (κ3) is 4.53. The quantitative estimate of drug-likeness (QED) is 0.742. The average molecular weight is 364 g/mol. The summed E-state index contributed by atoms with van der Waals surface area (Å²) in [6.45, 7) is 12.6. The van der Waals surface area contributed by atoms with Gasteiger partial charge in [0.05, 0.1) is 17.7 Å². The number of benzene rings is 1. The minimum Gasteiger partial charge on any atom is -0.468 e. The van der Waals surface area contributed by atoms with E-state index in [2.05, 4.69) is 18.6 Å². The Hall–Kier alpha value is -1.59. The number of nitrogens with one attached hydrogen (secondary N) is 1. The van der Waals surface area contributed by atoms with Crippen molar-refractivity contribution in [2.75, 3.05) is 0 Å². The lowest BCUT2D eigenvalue weighted by Crippen LogP contribution is -2.26. The van der Waals surface area contributed by atoms with E-state index in [1.165, 1.54) is 5.56 Å². The van der Waals surface area contributed by atoms with Gasteiger partial charge in [0, 0.05) is 0 Å². The highest BCUT2D eigenvalue weighted by Gasteiger charge is 2.26. The highest BCUT2D eigenvalue weighted by atomic mass is 32.2. The summed E-state index contributed by atoms with van der Waals surface area (Å²) in [5.74, 6) is 1.18. The maximum atomic E-state index is 13.1. The van der Waals surface area contributed by atoms with Crippen LogP contribution in [0.25, 0.3) is 0 Å². The van der Waals surface area contributed by atoms with Crippen molar-refractivity contribution >= 4 is 10.0 Å². The smallest absolute Gasteiger partial charge is 0.241 e. The van der Waals surface area contributed by atoms with E-state index in [9.17, 15) is 8.42 Å². The first-order valence-corrected chi connectivity index (χ1v) is 10.3. The Bertz CT molecular complexity index is 774. The molecule has 1 N–H and O–H groups in total. The number of furan rings is 1. The normalized spacial score (nSPS) is 12.5. The minimum absolute atomic E-state index is 0.117. The number of hydrogen-bond donors (Lipinski definition) is 1. The fraction of sp³-hybridized carbons (Fsp3) is 0.500. The molecule has 0 amide bonds. The van der Waals surface area contributed by atoms with Crippen molar-refractivity contribution in [2.45, 2.75) is 70.7 Å². The van der Waals surface area contributed by atoms with Crippen molar-refractivity contribution < 1.29 is 12.8 Å². The first kappa shape index (κ1) is 19.7. The van der Waals surface area contributed by atoms with E-state index in [0.29, 0.717) is 16.6 Å². The van der Waals surface area contributed by atoms with Gasteiger partial charge in [-0.25, -0.2) is 13.1 Å². The fourth-order valence-corrected chi connectivity index (χ4v) is 4.54. The van der Waals surface area contributed by atoms with Gasteiger partial charge >= 0.3 is 0 Å². The summed E-state index contributed by atoms with van der Waals surface area (Å²) in [6, 6.07) is 7.60. The van der Waals surface area contributed by atoms with Gasteiger partial charge in [-0.05, 0) is 46.6 Å².